The molecule has 12 heavy (non-hydrogen) atoms. The minimum Gasteiger partial charge on any atom is -0.0741 e. The van der Waals surface area contributed by atoms with E-state index in [4.69, 9.17) is 0 Å². The summed E-state index contributed by atoms with van der Waals surface area (Å²) in [7, 11) is 0. The standard InChI is InChI=1S/C12H20/c1-4-7-10-8-11(5-2)12(6-3)9-10/h8-9,11H,4-7H2,1-3H3. The molecule has 0 heterocycles. The van der Waals surface area contributed by atoms with Crippen LogP contribution in [0.1, 0.15) is 46.5 Å². The lowest BCUT2D eigenvalue weighted by Gasteiger charge is -2.07. The summed E-state index contributed by atoms with van der Waals surface area (Å²) in [5.41, 5.74) is 3.21. The van der Waals surface area contributed by atoms with Gasteiger partial charge in [-0.15, -0.1) is 0 Å². The summed E-state index contributed by atoms with van der Waals surface area (Å²) in [5, 5.41) is 0. The highest BCUT2D eigenvalue weighted by molar-refractivity contribution is 5.35. The highest BCUT2D eigenvalue weighted by Gasteiger charge is 2.14. The molecule has 0 saturated heterocycles. The second-order valence-electron chi connectivity index (χ2n) is 3.58. The minimum atomic E-state index is 0.761. The van der Waals surface area contributed by atoms with Gasteiger partial charge >= 0.3 is 0 Å². The van der Waals surface area contributed by atoms with Crippen LogP contribution < -0.4 is 0 Å². The van der Waals surface area contributed by atoms with Crippen molar-refractivity contribution in [3.05, 3.63) is 23.3 Å². The Kier molecular flexibility index (Phi) is 3.58. The molecule has 0 fully saturated rings. The average Bonchev–Trinajstić information content (AvgIpc) is 2.48. The zero-order valence-electron chi connectivity index (χ0n) is 8.56. The molecule has 1 aliphatic carbocycles. The Morgan fingerprint density at radius 3 is 2.42 bits per heavy atom. The Morgan fingerprint density at radius 1 is 1.25 bits per heavy atom. The molecule has 0 spiro atoms. The Balaban J connectivity index is 2.62. The molecule has 0 aromatic heterocycles. The highest BCUT2D eigenvalue weighted by Crippen LogP contribution is 2.30. The molecule has 68 valence electrons. The van der Waals surface area contributed by atoms with Gasteiger partial charge in [-0.1, -0.05) is 50.5 Å². The molecule has 0 aliphatic heterocycles. The first kappa shape index (κ1) is 9.57. The van der Waals surface area contributed by atoms with Gasteiger partial charge in [0.1, 0.15) is 0 Å². The lowest BCUT2D eigenvalue weighted by Crippen LogP contribution is -1.93. The van der Waals surface area contributed by atoms with E-state index in [-0.39, 0.29) is 0 Å². The van der Waals surface area contributed by atoms with Crippen LogP contribution in [0, 0.1) is 5.92 Å². The van der Waals surface area contributed by atoms with Gasteiger partial charge in [-0.3, -0.25) is 0 Å². The SMILES string of the molecule is CCCC1=CC(CC)C(CC)=C1. The molecule has 1 aliphatic rings. The zero-order valence-corrected chi connectivity index (χ0v) is 8.56. The lowest BCUT2D eigenvalue weighted by molar-refractivity contribution is 0.709. The largest absolute Gasteiger partial charge is 0.0741 e. The van der Waals surface area contributed by atoms with Crippen molar-refractivity contribution in [2.24, 2.45) is 5.92 Å². The molecule has 0 amide bonds. The van der Waals surface area contributed by atoms with Crippen molar-refractivity contribution in [1.82, 2.24) is 0 Å². The minimum absolute atomic E-state index is 0.761. The highest BCUT2D eigenvalue weighted by atomic mass is 14.2. The summed E-state index contributed by atoms with van der Waals surface area (Å²) in [6, 6.07) is 0. The van der Waals surface area contributed by atoms with E-state index >= 15 is 0 Å². The van der Waals surface area contributed by atoms with E-state index in [1.54, 1.807) is 11.1 Å². The van der Waals surface area contributed by atoms with Gasteiger partial charge in [0.2, 0.25) is 0 Å². The van der Waals surface area contributed by atoms with E-state index in [2.05, 4.69) is 32.9 Å². The van der Waals surface area contributed by atoms with Crippen molar-refractivity contribution >= 4 is 0 Å². The van der Waals surface area contributed by atoms with E-state index in [1.807, 2.05) is 0 Å². The van der Waals surface area contributed by atoms with E-state index in [9.17, 15) is 0 Å². The first-order chi connectivity index (χ1) is 5.81. The summed E-state index contributed by atoms with van der Waals surface area (Å²) in [5.74, 6) is 0.761. The number of rotatable bonds is 4. The smallest absolute Gasteiger partial charge is 0.00170 e. The van der Waals surface area contributed by atoms with Gasteiger partial charge in [-0.2, -0.15) is 0 Å². The molecule has 0 nitrogen and oxygen atoms in total. The summed E-state index contributed by atoms with van der Waals surface area (Å²) < 4.78 is 0. The summed E-state index contributed by atoms with van der Waals surface area (Å²) in [6.45, 7) is 6.79. The van der Waals surface area contributed by atoms with Crippen molar-refractivity contribution in [3.63, 3.8) is 0 Å². The quantitative estimate of drug-likeness (QED) is 0.587. The van der Waals surface area contributed by atoms with Gasteiger partial charge in [0.05, 0.1) is 0 Å². The van der Waals surface area contributed by atoms with Crippen LogP contribution in [0.2, 0.25) is 0 Å². The molecule has 0 heteroatoms. The van der Waals surface area contributed by atoms with Crippen molar-refractivity contribution < 1.29 is 0 Å². The van der Waals surface area contributed by atoms with Crippen LogP contribution in [0.15, 0.2) is 23.3 Å². The molecule has 0 N–H and O–H groups in total. The van der Waals surface area contributed by atoms with Gasteiger partial charge in [0.25, 0.3) is 0 Å². The first-order valence-corrected chi connectivity index (χ1v) is 5.22. The topological polar surface area (TPSA) is 0 Å². The Hall–Kier alpha value is -0.520. The Labute approximate surface area is 76.4 Å². The maximum Gasteiger partial charge on any atom is -0.00170 e. The molecule has 1 atom stereocenters. The molecule has 1 unspecified atom stereocenters. The van der Waals surface area contributed by atoms with E-state index < -0.39 is 0 Å². The molecule has 0 aromatic carbocycles. The summed E-state index contributed by atoms with van der Waals surface area (Å²) >= 11 is 0. The van der Waals surface area contributed by atoms with E-state index in [0.29, 0.717) is 0 Å². The van der Waals surface area contributed by atoms with Crippen molar-refractivity contribution in [2.45, 2.75) is 46.5 Å². The van der Waals surface area contributed by atoms with Crippen LogP contribution in [-0.4, -0.2) is 0 Å². The van der Waals surface area contributed by atoms with Crippen LogP contribution >= 0.6 is 0 Å². The Morgan fingerprint density at radius 2 is 2.00 bits per heavy atom. The normalized spacial score (nSPS) is 22.4. The number of allylic oxidation sites excluding steroid dienone is 4. The van der Waals surface area contributed by atoms with Crippen LogP contribution in [0.25, 0.3) is 0 Å². The van der Waals surface area contributed by atoms with Gasteiger partial charge in [-0.05, 0) is 25.2 Å². The molecule has 0 radical (unpaired) electrons. The molecular formula is C12H20. The predicted molar refractivity (Wildman–Crippen MR) is 55.1 cm³/mol. The molecule has 1 rings (SSSR count). The van der Waals surface area contributed by atoms with E-state index in [0.717, 1.165) is 5.92 Å². The van der Waals surface area contributed by atoms with Crippen molar-refractivity contribution in [2.75, 3.05) is 0 Å². The monoisotopic (exact) mass is 164 g/mol. The second-order valence-corrected chi connectivity index (χ2v) is 3.58. The fourth-order valence-corrected chi connectivity index (χ4v) is 1.95. The van der Waals surface area contributed by atoms with Crippen molar-refractivity contribution in [3.8, 4) is 0 Å². The second kappa shape index (κ2) is 4.49. The molecule has 0 aromatic rings. The number of hydrogen-bond donors (Lipinski definition) is 0. The maximum atomic E-state index is 2.46. The third kappa shape index (κ3) is 2.00. The molecule has 0 saturated carbocycles. The number of hydrogen-bond acceptors (Lipinski definition) is 0. The average molecular weight is 164 g/mol. The summed E-state index contributed by atoms with van der Waals surface area (Å²) in [6.07, 6.45) is 9.91. The van der Waals surface area contributed by atoms with Crippen LogP contribution in [-0.2, 0) is 0 Å². The van der Waals surface area contributed by atoms with E-state index in [1.165, 1.54) is 25.7 Å². The van der Waals surface area contributed by atoms with Gasteiger partial charge in [0, 0.05) is 0 Å². The zero-order chi connectivity index (χ0) is 8.97. The van der Waals surface area contributed by atoms with Crippen LogP contribution in [0.3, 0.4) is 0 Å². The van der Waals surface area contributed by atoms with Gasteiger partial charge in [-0.25, -0.2) is 0 Å². The van der Waals surface area contributed by atoms with Gasteiger partial charge in [0.15, 0.2) is 0 Å². The van der Waals surface area contributed by atoms with Crippen LogP contribution in [0.4, 0.5) is 0 Å². The van der Waals surface area contributed by atoms with Gasteiger partial charge < -0.3 is 0 Å². The molecular weight excluding hydrogens is 144 g/mol. The summed E-state index contributed by atoms with van der Waals surface area (Å²) in [4.78, 5) is 0. The lowest BCUT2D eigenvalue weighted by atomic mass is 9.98. The predicted octanol–water partition coefficient (Wildman–Crippen LogP) is 4.09. The fraction of sp³-hybridized carbons (Fsp3) is 0.667. The van der Waals surface area contributed by atoms with Crippen molar-refractivity contribution in [1.29, 1.82) is 0 Å². The maximum absolute atomic E-state index is 2.46. The van der Waals surface area contributed by atoms with Crippen LogP contribution in [0.5, 0.6) is 0 Å². The first-order valence-electron chi connectivity index (χ1n) is 5.22. The Bertz CT molecular complexity index is 196. The third-order valence-corrected chi connectivity index (χ3v) is 2.65. The molecule has 0 bridgehead atoms. The fourth-order valence-electron chi connectivity index (χ4n) is 1.95. The third-order valence-electron chi connectivity index (χ3n) is 2.65.